The van der Waals surface area contributed by atoms with E-state index in [0.29, 0.717) is 24.5 Å². The number of sulfonamides is 1. The van der Waals surface area contributed by atoms with Crippen LogP contribution in [0.3, 0.4) is 0 Å². The largest absolute Gasteiger partial charge is 0.477 e. The number of carboxylic acids is 1. The Labute approximate surface area is 121 Å². The van der Waals surface area contributed by atoms with Crippen LogP contribution in [0.5, 0.6) is 0 Å². The van der Waals surface area contributed by atoms with Crippen molar-refractivity contribution in [1.29, 1.82) is 0 Å². The monoisotopic (exact) mass is 319 g/mol. The molecule has 1 fully saturated rings. The third-order valence-corrected chi connectivity index (χ3v) is 6.12. The average Bonchev–Trinajstić information content (AvgIpc) is 2.72. The lowest BCUT2D eigenvalue weighted by Crippen LogP contribution is -2.51. The molecule has 1 atom stereocenters. The van der Waals surface area contributed by atoms with Gasteiger partial charge in [0, 0.05) is 11.5 Å². The van der Waals surface area contributed by atoms with Crippen LogP contribution in [-0.2, 0) is 14.8 Å². The first-order valence-corrected chi connectivity index (χ1v) is 8.49. The molecule has 1 aliphatic heterocycles. The minimum absolute atomic E-state index is 0.0212. The van der Waals surface area contributed by atoms with Gasteiger partial charge in [0.2, 0.25) is 10.0 Å². The Balaban J connectivity index is 2.28. The summed E-state index contributed by atoms with van der Waals surface area (Å²) in [6.45, 7) is 4.36. The Morgan fingerprint density at radius 2 is 2.25 bits per heavy atom. The van der Waals surface area contributed by atoms with Crippen molar-refractivity contribution in [2.24, 2.45) is 0 Å². The van der Waals surface area contributed by atoms with Crippen molar-refractivity contribution in [3.05, 3.63) is 15.8 Å². The van der Waals surface area contributed by atoms with Gasteiger partial charge in [-0.2, -0.15) is 0 Å². The summed E-state index contributed by atoms with van der Waals surface area (Å²) in [5.74, 6) is -1.12. The highest BCUT2D eigenvalue weighted by Crippen LogP contribution is 2.28. The van der Waals surface area contributed by atoms with E-state index in [1.807, 2.05) is 0 Å². The van der Waals surface area contributed by atoms with Crippen LogP contribution in [0.2, 0.25) is 0 Å². The number of hydrogen-bond donors (Lipinski definition) is 2. The van der Waals surface area contributed by atoms with Crippen LogP contribution in [0.25, 0.3) is 0 Å². The van der Waals surface area contributed by atoms with Crippen molar-refractivity contribution in [1.82, 2.24) is 4.72 Å². The zero-order valence-corrected chi connectivity index (χ0v) is 12.9. The van der Waals surface area contributed by atoms with Gasteiger partial charge >= 0.3 is 5.97 Å². The molecule has 1 aromatic heterocycles. The van der Waals surface area contributed by atoms with Gasteiger partial charge in [-0.25, -0.2) is 17.9 Å². The molecule has 2 rings (SSSR count). The third-order valence-electron chi connectivity index (χ3n) is 3.19. The molecule has 1 aromatic rings. The second-order valence-corrected chi connectivity index (χ2v) is 8.07. The molecule has 6 nitrogen and oxygen atoms in total. The van der Waals surface area contributed by atoms with Gasteiger partial charge in [0.25, 0.3) is 0 Å². The molecule has 0 aliphatic carbocycles. The number of ether oxygens (including phenoxy) is 1. The Hall–Kier alpha value is -0.960. The Kier molecular flexibility index (Phi) is 4.19. The van der Waals surface area contributed by atoms with Gasteiger partial charge in [0.1, 0.15) is 4.88 Å². The fourth-order valence-corrected chi connectivity index (χ4v) is 5.08. The maximum Gasteiger partial charge on any atom is 0.345 e. The van der Waals surface area contributed by atoms with Crippen molar-refractivity contribution in [2.45, 2.75) is 37.1 Å². The number of nitrogens with one attached hydrogen (secondary N) is 1. The minimum atomic E-state index is -3.74. The quantitative estimate of drug-likeness (QED) is 0.879. The van der Waals surface area contributed by atoms with Gasteiger partial charge in [0.05, 0.1) is 17.0 Å². The lowest BCUT2D eigenvalue weighted by atomic mass is 9.97. The summed E-state index contributed by atoms with van der Waals surface area (Å²) in [7, 11) is -3.74. The van der Waals surface area contributed by atoms with Gasteiger partial charge < -0.3 is 9.84 Å². The Bertz CT molecular complexity index is 614. The molecule has 1 unspecified atom stereocenters. The number of carboxylic acid groups (broad SMARTS) is 1. The van der Waals surface area contributed by atoms with E-state index < -0.39 is 21.5 Å². The number of rotatable bonds is 4. The van der Waals surface area contributed by atoms with Crippen LogP contribution < -0.4 is 4.72 Å². The van der Waals surface area contributed by atoms with Crippen molar-refractivity contribution in [2.75, 3.05) is 13.2 Å². The van der Waals surface area contributed by atoms with Crippen LogP contribution in [0.4, 0.5) is 0 Å². The summed E-state index contributed by atoms with van der Waals surface area (Å²) in [6.07, 6.45) is 1.49. The van der Waals surface area contributed by atoms with E-state index >= 15 is 0 Å². The highest BCUT2D eigenvalue weighted by Gasteiger charge is 2.34. The standard InChI is InChI=1S/C12H17NO5S2/c1-8-10(6-9(19-8)11(14)15)20(16,17)13-12(2)4-3-5-18-7-12/h6,13H,3-5,7H2,1-2H3,(H,14,15). The second-order valence-electron chi connectivity index (χ2n) is 5.16. The Morgan fingerprint density at radius 1 is 1.55 bits per heavy atom. The average molecular weight is 319 g/mol. The fraction of sp³-hybridized carbons (Fsp3) is 0.583. The lowest BCUT2D eigenvalue weighted by molar-refractivity contribution is 0.0386. The van der Waals surface area contributed by atoms with Crippen molar-refractivity contribution in [3.63, 3.8) is 0 Å². The number of aryl methyl sites for hydroxylation is 1. The van der Waals surface area contributed by atoms with Crippen LogP contribution in [0, 0.1) is 6.92 Å². The molecule has 0 saturated carbocycles. The molecule has 0 aromatic carbocycles. The van der Waals surface area contributed by atoms with Crippen LogP contribution in [-0.4, -0.2) is 38.2 Å². The van der Waals surface area contributed by atoms with Gasteiger partial charge in [-0.1, -0.05) is 0 Å². The first-order valence-electron chi connectivity index (χ1n) is 6.19. The molecule has 0 spiro atoms. The molecule has 2 heterocycles. The molecule has 0 bridgehead atoms. The molecule has 1 saturated heterocycles. The summed E-state index contributed by atoms with van der Waals surface area (Å²) in [5.41, 5.74) is -0.644. The van der Waals surface area contributed by atoms with E-state index in [-0.39, 0.29) is 9.77 Å². The van der Waals surface area contributed by atoms with Gasteiger partial charge in [-0.05, 0) is 32.8 Å². The lowest BCUT2D eigenvalue weighted by Gasteiger charge is -2.33. The SMILES string of the molecule is Cc1sc(C(=O)O)cc1S(=O)(=O)NC1(C)CCCOC1. The normalized spacial score (nSPS) is 23.7. The topological polar surface area (TPSA) is 92.7 Å². The maximum absolute atomic E-state index is 12.4. The predicted octanol–water partition coefficient (Wildman–Crippen LogP) is 1.60. The van der Waals surface area contributed by atoms with Crippen molar-refractivity contribution < 1.29 is 23.1 Å². The number of thiophene rings is 1. The van der Waals surface area contributed by atoms with E-state index in [1.54, 1.807) is 13.8 Å². The Morgan fingerprint density at radius 3 is 2.75 bits per heavy atom. The maximum atomic E-state index is 12.4. The van der Waals surface area contributed by atoms with E-state index in [2.05, 4.69) is 4.72 Å². The predicted molar refractivity (Wildman–Crippen MR) is 74.8 cm³/mol. The van der Waals surface area contributed by atoms with E-state index in [4.69, 9.17) is 9.84 Å². The van der Waals surface area contributed by atoms with E-state index in [9.17, 15) is 13.2 Å². The van der Waals surface area contributed by atoms with Crippen molar-refractivity contribution >= 4 is 27.3 Å². The molecular formula is C12H17NO5S2. The molecule has 8 heteroatoms. The molecule has 1 aliphatic rings. The summed E-state index contributed by atoms with van der Waals surface area (Å²) in [4.78, 5) is 11.4. The molecule has 2 N–H and O–H groups in total. The molecule has 0 amide bonds. The minimum Gasteiger partial charge on any atom is -0.477 e. The molecule has 0 radical (unpaired) electrons. The molecular weight excluding hydrogens is 302 g/mol. The summed E-state index contributed by atoms with van der Waals surface area (Å²) in [6, 6.07) is 1.21. The van der Waals surface area contributed by atoms with E-state index in [1.165, 1.54) is 6.07 Å². The van der Waals surface area contributed by atoms with Gasteiger partial charge in [-0.15, -0.1) is 11.3 Å². The first kappa shape index (κ1) is 15.4. The summed E-state index contributed by atoms with van der Waals surface area (Å²) >= 11 is 0.960. The first-order chi connectivity index (χ1) is 9.23. The van der Waals surface area contributed by atoms with Crippen LogP contribution >= 0.6 is 11.3 Å². The fourth-order valence-electron chi connectivity index (χ4n) is 2.23. The number of hydrogen-bond acceptors (Lipinski definition) is 5. The smallest absolute Gasteiger partial charge is 0.345 e. The number of aromatic carboxylic acids is 1. The second kappa shape index (κ2) is 5.44. The van der Waals surface area contributed by atoms with Gasteiger partial charge in [-0.3, -0.25) is 0 Å². The van der Waals surface area contributed by atoms with Crippen LogP contribution in [0.15, 0.2) is 11.0 Å². The third kappa shape index (κ3) is 3.20. The van der Waals surface area contributed by atoms with E-state index in [0.717, 1.165) is 17.8 Å². The van der Waals surface area contributed by atoms with Crippen LogP contribution in [0.1, 0.15) is 34.3 Å². The highest BCUT2D eigenvalue weighted by molar-refractivity contribution is 7.89. The highest BCUT2D eigenvalue weighted by atomic mass is 32.2. The summed E-state index contributed by atoms with van der Waals surface area (Å²) < 4.78 is 32.8. The number of carbonyl (C=O) groups is 1. The molecule has 112 valence electrons. The van der Waals surface area contributed by atoms with Crippen molar-refractivity contribution in [3.8, 4) is 0 Å². The zero-order valence-electron chi connectivity index (χ0n) is 11.3. The molecule has 20 heavy (non-hydrogen) atoms. The van der Waals surface area contributed by atoms with Gasteiger partial charge in [0.15, 0.2) is 0 Å². The zero-order chi connectivity index (χ0) is 15.0. The summed E-state index contributed by atoms with van der Waals surface area (Å²) in [5, 5.41) is 8.94.